The quantitative estimate of drug-likeness (QED) is 0.458. The number of hydrogen-bond donors (Lipinski definition) is 0. The lowest BCUT2D eigenvalue weighted by Gasteiger charge is -2.19. The van der Waals surface area contributed by atoms with Gasteiger partial charge in [0.2, 0.25) is 0 Å². The lowest BCUT2D eigenvalue weighted by molar-refractivity contribution is -0.172. The molecule has 0 aromatic heterocycles. The van der Waals surface area contributed by atoms with Crippen molar-refractivity contribution in [1.82, 2.24) is 9.96 Å². The molecule has 1 saturated heterocycles. The van der Waals surface area contributed by atoms with Crippen LogP contribution >= 0.6 is 0 Å². The molecular formula is C20H22N2O7. The fourth-order valence-corrected chi connectivity index (χ4v) is 2.46. The maximum absolute atomic E-state index is 12.7. The van der Waals surface area contributed by atoms with Gasteiger partial charge in [-0.1, -0.05) is 25.3 Å². The highest BCUT2D eigenvalue weighted by Crippen LogP contribution is 2.33. The molecule has 2 rings (SSSR count). The molecule has 1 aromatic rings. The van der Waals surface area contributed by atoms with E-state index in [9.17, 15) is 19.2 Å². The fourth-order valence-electron chi connectivity index (χ4n) is 2.46. The van der Waals surface area contributed by atoms with Gasteiger partial charge in [0.05, 0.1) is 11.1 Å². The van der Waals surface area contributed by atoms with E-state index in [0.29, 0.717) is 5.06 Å². The Morgan fingerprint density at radius 3 is 1.93 bits per heavy atom. The summed E-state index contributed by atoms with van der Waals surface area (Å²) in [5.41, 5.74) is -0.217. The first-order chi connectivity index (χ1) is 13.8. The number of nitrogens with zero attached hydrogens (tertiary/aromatic N) is 2. The van der Waals surface area contributed by atoms with Crippen LogP contribution in [0.2, 0.25) is 0 Å². The summed E-state index contributed by atoms with van der Waals surface area (Å²) >= 11 is 0. The Hall–Kier alpha value is -3.62. The zero-order valence-electron chi connectivity index (χ0n) is 16.3. The third-order valence-corrected chi connectivity index (χ3v) is 3.83. The fraction of sp³-hybridized carbons (Fsp3) is 0.300. The van der Waals surface area contributed by atoms with E-state index in [0.717, 1.165) is 0 Å². The highest BCUT2D eigenvalue weighted by molar-refractivity contribution is 6.07. The zero-order valence-corrected chi connectivity index (χ0v) is 16.3. The first-order valence-corrected chi connectivity index (χ1v) is 8.75. The molecule has 29 heavy (non-hydrogen) atoms. The Morgan fingerprint density at radius 1 is 1.00 bits per heavy atom. The van der Waals surface area contributed by atoms with Gasteiger partial charge in [0.25, 0.3) is 17.7 Å². The summed E-state index contributed by atoms with van der Waals surface area (Å²) in [4.78, 5) is 55.1. The number of imide groups is 1. The second-order valence-corrected chi connectivity index (χ2v) is 6.20. The molecule has 0 N–H and O–H groups in total. The van der Waals surface area contributed by atoms with E-state index in [4.69, 9.17) is 14.3 Å². The average Bonchev–Trinajstić information content (AvgIpc) is 3.01. The summed E-state index contributed by atoms with van der Waals surface area (Å²) in [6, 6.07) is 2.61. The lowest BCUT2D eigenvalue weighted by atomic mass is 10.0. The van der Waals surface area contributed by atoms with Crippen molar-refractivity contribution in [3.63, 3.8) is 0 Å². The van der Waals surface area contributed by atoms with Crippen molar-refractivity contribution >= 4 is 23.7 Å². The highest BCUT2D eigenvalue weighted by atomic mass is 16.7. The monoisotopic (exact) mass is 402 g/mol. The van der Waals surface area contributed by atoms with Gasteiger partial charge < -0.3 is 19.2 Å². The number of hydroxylamine groups is 2. The summed E-state index contributed by atoms with van der Waals surface area (Å²) < 4.78 is 11.1. The van der Waals surface area contributed by atoms with Crippen LogP contribution in [0, 0.1) is 0 Å². The summed E-state index contributed by atoms with van der Waals surface area (Å²) in [5, 5.41) is 0.415. The Labute approximate surface area is 168 Å². The number of hydrogen-bond acceptors (Lipinski definition) is 7. The summed E-state index contributed by atoms with van der Waals surface area (Å²) in [7, 11) is 3.02. The molecule has 0 aliphatic carbocycles. The van der Waals surface area contributed by atoms with Crippen molar-refractivity contribution in [3.05, 3.63) is 48.6 Å². The minimum Gasteiger partial charge on any atom is -0.486 e. The third kappa shape index (κ3) is 5.01. The van der Waals surface area contributed by atoms with Crippen molar-refractivity contribution in [2.24, 2.45) is 0 Å². The first kappa shape index (κ1) is 21.7. The van der Waals surface area contributed by atoms with E-state index in [-0.39, 0.29) is 48.7 Å². The molecule has 1 aromatic carbocycles. The second kappa shape index (κ2) is 9.54. The number of benzene rings is 1. The SMILES string of the molecule is C=CCOc1cc(C(=O)ON2C(=O)CCC2=O)c(C(=O)N(C)C)cc1OCC=C. The van der Waals surface area contributed by atoms with E-state index in [2.05, 4.69) is 13.2 Å². The molecule has 0 atom stereocenters. The molecule has 1 fully saturated rings. The lowest BCUT2D eigenvalue weighted by Crippen LogP contribution is -2.33. The molecule has 0 unspecified atom stereocenters. The molecule has 1 aliphatic heterocycles. The number of rotatable bonds is 9. The molecule has 0 spiro atoms. The van der Waals surface area contributed by atoms with Crippen LogP contribution in [0.25, 0.3) is 0 Å². The molecule has 0 bridgehead atoms. The maximum Gasteiger partial charge on any atom is 0.364 e. The van der Waals surface area contributed by atoms with Gasteiger partial charge in [-0.25, -0.2) is 4.79 Å². The van der Waals surface area contributed by atoms with Gasteiger partial charge in [0.1, 0.15) is 13.2 Å². The third-order valence-electron chi connectivity index (χ3n) is 3.83. The highest BCUT2D eigenvalue weighted by Gasteiger charge is 2.34. The molecule has 0 saturated carbocycles. The van der Waals surface area contributed by atoms with E-state index in [1.54, 1.807) is 0 Å². The number of carbonyl (C=O) groups excluding carboxylic acids is 4. The molecule has 1 aliphatic rings. The Balaban J connectivity index is 2.50. The van der Waals surface area contributed by atoms with Crippen LogP contribution in [0.3, 0.4) is 0 Å². The van der Waals surface area contributed by atoms with Gasteiger partial charge in [0.15, 0.2) is 11.5 Å². The van der Waals surface area contributed by atoms with E-state index in [1.165, 1.54) is 43.3 Å². The van der Waals surface area contributed by atoms with E-state index >= 15 is 0 Å². The zero-order chi connectivity index (χ0) is 21.6. The van der Waals surface area contributed by atoms with Crippen molar-refractivity contribution in [1.29, 1.82) is 0 Å². The summed E-state index contributed by atoms with van der Waals surface area (Å²) in [6.07, 6.45) is 2.92. The molecular weight excluding hydrogens is 380 g/mol. The van der Waals surface area contributed by atoms with Gasteiger partial charge in [-0.05, 0) is 12.1 Å². The summed E-state index contributed by atoms with van der Waals surface area (Å²) in [6.45, 7) is 7.39. The smallest absolute Gasteiger partial charge is 0.364 e. The van der Waals surface area contributed by atoms with Gasteiger partial charge in [-0.15, -0.1) is 5.06 Å². The standard InChI is InChI=1S/C20H22N2O7/c1-5-9-27-15-11-13(19(25)21(3)4)14(12-16(15)28-10-6-2)20(26)29-22-17(23)7-8-18(22)24/h5-6,11-12H,1-2,7-10H2,3-4H3. The first-order valence-electron chi connectivity index (χ1n) is 8.75. The number of carbonyl (C=O) groups is 4. The van der Waals surface area contributed by atoms with Crippen LogP contribution in [-0.2, 0) is 14.4 Å². The van der Waals surface area contributed by atoms with E-state index in [1.807, 2.05) is 0 Å². The van der Waals surface area contributed by atoms with Gasteiger partial charge in [0, 0.05) is 26.9 Å². The van der Waals surface area contributed by atoms with Crippen LogP contribution in [-0.4, -0.2) is 61.0 Å². The van der Waals surface area contributed by atoms with Gasteiger partial charge in [-0.2, -0.15) is 0 Å². The molecule has 3 amide bonds. The Morgan fingerprint density at radius 2 is 1.48 bits per heavy atom. The van der Waals surface area contributed by atoms with Gasteiger partial charge >= 0.3 is 5.97 Å². The van der Waals surface area contributed by atoms with Crippen molar-refractivity contribution in [2.45, 2.75) is 12.8 Å². The van der Waals surface area contributed by atoms with Crippen LogP contribution in [0.15, 0.2) is 37.4 Å². The molecule has 9 heteroatoms. The summed E-state index contributed by atoms with van der Waals surface area (Å²) in [5.74, 6) is -2.43. The second-order valence-electron chi connectivity index (χ2n) is 6.20. The van der Waals surface area contributed by atoms with Crippen molar-refractivity contribution in [3.8, 4) is 11.5 Å². The topological polar surface area (TPSA) is 102 Å². The minimum absolute atomic E-state index is 0.0379. The number of ether oxygens (including phenoxy) is 2. The van der Waals surface area contributed by atoms with Crippen LogP contribution in [0.1, 0.15) is 33.6 Å². The Kier molecular flexibility index (Phi) is 7.13. The van der Waals surface area contributed by atoms with Gasteiger partial charge in [-0.3, -0.25) is 14.4 Å². The molecule has 1 heterocycles. The van der Waals surface area contributed by atoms with Crippen LogP contribution in [0.4, 0.5) is 0 Å². The van der Waals surface area contributed by atoms with Crippen molar-refractivity contribution in [2.75, 3.05) is 27.3 Å². The maximum atomic E-state index is 12.7. The van der Waals surface area contributed by atoms with E-state index < -0.39 is 23.7 Å². The number of amides is 3. The molecule has 0 radical (unpaired) electrons. The molecule has 9 nitrogen and oxygen atoms in total. The van der Waals surface area contributed by atoms with Crippen molar-refractivity contribution < 1.29 is 33.5 Å². The molecule has 154 valence electrons. The Bertz CT molecular complexity index is 845. The average molecular weight is 402 g/mol. The normalized spacial score (nSPS) is 13.1. The minimum atomic E-state index is -1.04. The predicted octanol–water partition coefficient (Wildman–Crippen LogP) is 1.74. The predicted molar refractivity (Wildman–Crippen MR) is 102 cm³/mol. The van der Waals surface area contributed by atoms with Crippen LogP contribution < -0.4 is 9.47 Å². The van der Waals surface area contributed by atoms with Crippen LogP contribution in [0.5, 0.6) is 11.5 Å². The largest absolute Gasteiger partial charge is 0.486 e.